The molecule has 0 saturated carbocycles. The molecule has 1 aromatic carbocycles. The van der Waals surface area contributed by atoms with Gasteiger partial charge in [-0.15, -0.1) is 0 Å². The van der Waals surface area contributed by atoms with Crippen LogP contribution in [0.25, 0.3) is 10.9 Å². The van der Waals surface area contributed by atoms with Gasteiger partial charge in [-0.1, -0.05) is 18.2 Å². The average Bonchev–Trinajstić information content (AvgIpc) is 3.06. The molecule has 19 heavy (non-hydrogen) atoms. The van der Waals surface area contributed by atoms with Gasteiger partial charge in [0.2, 0.25) is 0 Å². The summed E-state index contributed by atoms with van der Waals surface area (Å²) in [5, 5.41) is 13.7. The number of para-hydroxylation sites is 1. The molecule has 1 atom stereocenters. The zero-order valence-electron chi connectivity index (χ0n) is 11.1. The van der Waals surface area contributed by atoms with Crippen molar-refractivity contribution >= 4 is 22.2 Å². The molecule has 0 aliphatic carbocycles. The van der Waals surface area contributed by atoms with Crippen molar-refractivity contribution in [3.05, 3.63) is 52.3 Å². The van der Waals surface area contributed by atoms with Gasteiger partial charge in [0.25, 0.3) is 0 Å². The number of nitrogens with zero attached hydrogens (tertiary/aromatic N) is 2. The molecule has 1 N–H and O–H groups in total. The molecular formula is C15H17N3S. The van der Waals surface area contributed by atoms with E-state index in [1.54, 1.807) is 11.3 Å². The number of aromatic nitrogens is 2. The number of nitrogens with one attached hydrogen (secondary N) is 1. The molecule has 0 aliphatic rings. The highest BCUT2D eigenvalue weighted by Gasteiger charge is 2.10. The van der Waals surface area contributed by atoms with Crippen molar-refractivity contribution < 1.29 is 0 Å². The molecule has 2 heterocycles. The fourth-order valence-electron chi connectivity index (χ4n) is 2.31. The van der Waals surface area contributed by atoms with E-state index in [1.165, 1.54) is 16.5 Å². The van der Waals surface area contributed by atoms with Crippen LogP contribution < -0.4 is 5.32 Å². The smallest absolute Gasteiger partial charge is 0.0841 e. The zero-order valence-corrected chi connectivity index (χ0v) is 11.9. The van der Waals surface area contributed by atoms with Crippen LogP contribution in [0.2, 0.25) is 0 Å². The van der Waals surface area contributed by atoms with Gasteiger partial charge < -0.3 is 5.32 Å². The molecule has 0 amide bonds. The van der Waals surface area contributed by atoms with E-state index in [4.69, 9.17) is 0 Å². The quantitative estimate of drug-likeness (QED) is 0.787. The molecular weight excluding hydrogens is 254 g/mol. The summed E-state index contributed by atoms with van der Waals surface area (Å²) in [4.78, 5) is 0. The van der Waals surface area contributed by atoms with Gasteiger partial charge in [0.1, 0.15) is 0 Å². The third-order valence-electron chi connectivity index (χ3n) is 3.45. The average molecular weight is 271 g/mol. The van der Waals surface area contributed by atoms with E-state index in [-0.39, 0.29) is 0 Å². The van der Waals surface area contributed by atoms with Crippen LogP contribution in [0.15, 0.2) is 41.1 Å². The molecule has 0 aliphatic heterocycles. The molecule has 0 saturated heterocycles. The summed E-state index contributed by atoms with van der Waals surface area (Å²) < 4.78 is 1.95. The van der Waals surface area contributed by atoms with Gasteiger partial charge in [-0.25, -0.2) is 0 Å². The minimum Gasteiger partial charge on any atom is -0.304 e. The standard InChI is InChI=1S/C15H17N3S/c1-11(12-7-8-19-10-12)16-9-14-13-5-3-4-6-15(13)18(2)17-14/h3-8,10-11,16H,9H2,1-2H3. The predicted molar refractivity (Wildman–Crippen MR) is 80.3 cm³/mol. The Kier molecular flexibility index (Phi) is 3.36. The van der Waals surface area contributed by atoms with Crippen LogP contribution in [-0.4, -0.2) is 9.78 Å². The third-order valence-corrected chi connectivity index (χ3v) is 4.15. The SMILES string of the molecule is CC(NCc1nn(C)c2ccccc12)c1ccsc1. The van der Waals surface area contributed by atoms with E-state index in [2.05, 4.69) is 58.4 Å². The Bertz CT molecular complexity index is 670. The normalized spacial score (nSPS) is 12.9. The van der Waals surface area contributed by atoms with Crippen molar-refractivity contribution in [3.63, 3.8) is 0 Å². The van der Waals surface area contributed by atoms with Gasteiger partial charge >= 0.3 is 0 Å². The Hall–Kier alpha value is -1.65. The molecule has 0 spiro atoms. The van der Waals surface area contributed by atoms with Gasteiger partial charge in [0.15, 0.2) is 0 Å². The van der Waals surface area contributed by atoms with Crippen molar-refractivity contribution in [3.8, 4) is 0 Å². The fourth-order valence-corrected chi connectivity index (χ4v) is 3.06. The van der Waals surface area contributed by atoms with E-state index in [0.29, 0.717) is 6.04 Å². The highest BCUT2D eigenvalue weighted by molar-refractivity contribution is 7.07. The molecule has 3 aromatic rings. The van der Waals surface area contributed by atoms with Crippen LogP contribution in [0.3, 0.4) is 0 Å². The maximum atomic E-state index is 4.60. The second-order valence-electron chi connectivity index (χ2n) is 4.75. The lowest BCUT2D eigenvalue weighted by Crippen LogP contribution is -2.18. The van der Waals surface area contributed by atoms with Crippen molar-refractivity contribution in [1.82, 2.24) is 15.1 Å². The van der Waals surface area contributed by atoms with Crippen molar-refractivity contribution in [1.29, 1.82) is 0 Å². The molecule has 3 nitrogen and oxygen atoms in total. The highest BCUT2D eigenvalue weighted by atomic mass is 32.1. The number of thiophene rings is 1. The zero-order chi connectivity index (χ0) is 13.2. The third kappa shape index (κ3) is 2.41. The van der Waals surface area contributed by atoms with Crippen LogP contribution in [-0.2, 0) is 13.6 Å². The monoisotopic (exact) mass is 271 g/mol. The van der Waals surface area contributed by atoms with Gasteiger partial charge in [-0.3, -0.25) is 4.68 Å². The van der Waals surface area contributed by atoms with Gasteiger partial charge in [-0.05, 0) is 35.4 Å². The van der Waals surface area contributed by atoms with Crippen LogP contribution in [0.5, 0.6) is 0 Å². The molecule has 2 aromatic heterocycles. The molecule has 4 heteroatoms. The van der Waals surface area contributed by atoms with E-state index in [0.717, 1.165) is 12.2 Å². The van der Waals surface area contributed by atoms with E-state index < -0.39 is 0 Å². The van der Waals surface area contributed by atoms with Gasteiger partial charge in [-0.2, -0.15) is 16.4 Å². The molecule has 1 unspecified atom stereocenters. The van der Waals surface area contributed by atoms with Crippen molar-refractivity contribution in [2.45, 2.75) is 19.5 Å². The minimum absolute atomic E-state index is 0.354. The number of fused-ring (bicyclic) bond motifs is 1. The predicted octanol–water partition coefficient (Wildman–Crippen LogP) is 3.49. The molecule has 3 rings (SSSR count). The first-order chi connectivity index (χ1) is 9.25. The second-order valence-corrected chi connectivity index (χ2v) is 5.53. The Labute approximate surface area is 116 Å². The lowest BCUT2D eigenvalue weighted by atomic mass is 10.1. The number of benzene rings is 1. The largest absolute Gasteiger partial charge is 0.304 e. The number of hydrogen-bond acceptors (Lipinski definition) is 3. The lowest BCUT2D eigenvalue weighted by molar-refractivity contribution is 0.565. The number of hydrogen-bond donors (Lipinski definition) is 1. The Morgan fingerprint density at radius 3 is 2.95 bits per heavy atom. The summed E-state index contributed by atoms with van der Waals surface area (Å²) >= 11 is 1.74. The first kappa shape index (κ1) is 12.4. The first-order valence-corrected chi connectivity index (χ1v) is 7.36. The molecule has 0 radical (unpaired) electrons. The number of rotatable bonds is 4. The van der Waals surface area contributed by atoms with E-state index in [9.17, 15) is 0 Å². The molecule has 98 valence electrons. The van der Waals surface area contributed by atoms with Gasteiger partial charge in [0, 0.05) is 25.0 Å². The van der Waals surface area contributed by atoms with Crippen LogP contribution in [0, 0.1) is 0 Å². The number of aryl methyl sites for hydroxylation is 1. The first-order valence-electron chi connectivity index (χ1n) is 6.42. The van der Waals surface area contributed by atoms with Crippen molar-refractivity contribution in [2.24, 2.45) is 7.05 Å². The maximum Gasteiger partial charge on any atom is 0.0841 e. The summed E-state index contributed by atoms with van der Waals surface area (Å²) in [5.41, 5.74) is 3.63. The maximum absolute atomic E-state index is 4.60. The Balaban J connectivity index is 1.79. The molecule has 0 fully saturated rings. The van der Waals surface area contributed by atoms with E-state index in [1.807, 2.05) is 11.7 Å². The van der Waals surface area contributed by atoms with Crippen LogP contribution in [0.4, 0.5) is 0 Å². The summed E-state index contributed by atoms with van der Waals surface area (Å²) in [7, 11) is 1.99. The topological polar surface area (TPSA) is 29.9 Å². The van der Waals surface area contributed by atoms with Gasteiger partial charge in [0.05, 0.1) is 11.2 Å². The highest BCUT2D eigenvalue weighted by Crippen LogP contribution is 2.19. The van der Waals surface area contributed by atoms with E-state index >= 15 is 0 Å². The minimum atomic E-state index is 0.354. The van der Waals surface area contributed by atoms with Crippen LogP contribution >= 0.6 is 11.3 Å². The Morgan fingerprint density at radius 2 is 2.16 bits per heavy atom. The summed E-state index contributed by atoms with van der Waals surface area (Å²) in [6.45, 7) is 2.98. The second kappa shape index (κ2) is 5.15. The molecule has 0 bridgehead atoms. The Morgan fingerprint density at radius 1 is 1.32 bits per heavy atom. The lowest BCUT2D eigenvalue weighted by Gasteiger charge is -2.11. The fraction of sp³-hybridized carbons (Fsp3) is 0.267. The van der Waals surface area contributed by atoms with Crippen LogP contribution in [0.1, 0.15) is 24.2 Å². The summed E-state index contributed by atoms with van der Waals surface area (Å²) in [5.74, 6) is 0. The summed E-state index contributed by atoms with van der Waals surface area (Å²) in [6.07, 6.45) is 0. The van der Waals surface area contributed by atoms with Crippen molar-refractivity contribution in [2.75, 3.05) is 0 Å². The summed E-state index contributed by atoms with van der Waals surface area (Å²) in [6, 6.07) is 10.9.